The molecular weight excluding hydrogens is 582 g/mol. The van der Waals surface area contributed by atoms with Crippen LogP contribution < -0.4 is 3.71 Å². The summed E-state index contributed by atoms with van der Waals surface area (Å²) in [5, 5.41) is 0. The predicted octanol–water partition coefficient (Wildman–Crippen LogP) is 7.68. The molecule has 2 aromatic heterocycles. The van der Waals surface area contributed by atoms with Gasteiger partial charge in [-0.25, -0.2) is 0 Å². The van der Waals surface area contributed by atoms with Crippen LogP contribution in [0.3, 0.4) is 0 Å². The van der Waals surface area contributed by atoms with Gasteiger partial charge in [-0.2, -0.15) is 0 Å². The van der Waals surface area contributed by atoms with Crippen LogP contribution in [0.25, 0.3) is 17.2 Å². The Labute approximate surface area is 213 Å². The summed E-state index contributed by atoms with van der Waals surface area (Å²) in [6.45, 7) is 6.52. The number of aromatic nitrogens is 4. The molecule has 0 aliphatic carbocycles. The maximum atomic E-state index is 13.8. The monoisotopic (exact) mass is 616 g/mol. The number of hydrogen-bond acceptors (Lipinski definition) is 3. The molecule has 0 spiro atoms. The van der Waals surface area contributed by atoms with Crippen LogP contribution in [0.5, 0.6) is 0 Å². The number of rotatable bonds is 12. The third-order valence-electron chi connectivity index (χ3n) is 6.60. The molecule has 196 valence electrons. The molecular formula is C26H33F5N4Sn. The van der Waals surface area contributed by atoms with Crippen LogP contribution in [0, 0.1) is 11.6 Å². The van der Waals surface area contributed by atoms with E-state index in [4.69, 9.17) is 4.98 Å². The Hall–Kier alpha value is -2.04. The first-order valence-electron chi connectivity index (χ1n) is 12.6. The molecule has 1 aromatic carbocycles. The van der Waals surface area contributed by atoms with Crippen molar-refractivity contribution < 1.29 is 22.0 Å². The van der Waals surface area contributed by atoms with Gasteiger partial charge < -0.3 is 0 Å². The summed E-state index contributed by atoms with van der Waals surface area (Å²) in [5.74, 6) is -2.43. The molecule has 0 saturated heterocycles. The third-order valence-corrected chi connectivity index (χ3v) is 21.7. The van der Waals surface area contributed by atoms with Crippen LogP contribution >= 0.6 is 0 Å². The average Bonchev–Trinajstić information content (AvgIpc) is 3.36. The van der Waals surface area contributed by atoms with E-state index < -0.39 is 41.9 Å². The molecule has 0 atom stereocenters. The fourth-order valence-corrected chi connectivity index (χ4v) is 19.8. The van der Waals surface area contributed by atoms with Crippen molar-refractivity contribution in [3.8, 4) is 17.2 Å². The summed E-state index contributed by atoms with van der Waals surface area (Å²) in [7, 11) is 0. The Morgan fingerprint density at radius 3 is 1.97 bits per heavy atom. The van der Waals surface area contributed by atoms with Gasteiger partial charge in [-0.1, -0.05) is 0 Å². The fourth-order valence-electron chi connectivity index (χ4n) is 4.51. The van der Waals surface area contributed by atoms with Crippen molar-refractivity contribution >= 4 is 22.1 Å². The first kappa shape index (κ1) is 28.5. The van der Waals surface area contributed by atoms with Crippen LogP contribution in [0.15, 0.2) is 36.8 Å². The van der Waals surface area contributed by atoms with Gasteiger partial charge in [0, 0.05) is 0 Å². The molecule has 0 unspecified atom stereocenters. The van der Waals surface area contributed by atoms with Crippen molar-refractivity contribution in [2.75, 3.05) is 0 Å². The number of alkyl halides is 3. The van der Waals surface area contributed by atoms with E-state index >= 15 is 0 Å². The molecule has 2 heterocycles. The van der Waals surface area contributed by atoms with Crippen molar-refractivity contribution in [1.82, 2.24) is 19.5 Å². The molecule has 0 saturated carbocycles. The summed E-state index contributed by atoms with van der Waals surface area (Å²) in [6.07, 6.45) is 5.21. The van der Waals surface area contributed by atoms with Crippen molar-refractivity contribution in [1.29, 1.82) is 0 Å². The van der Waals surface area contributed by atoms with E-state index in [1.54, 1.807) is 0 Å². The molecule has 4 nitrogen and oxygen atoms in total. The Morgan fingerprint density at radius 2 is 1.44 bits per heavy atom. The van der Waals surface area contributed by atoms with Crippen molar-refractivity contribution in [2.24, 2.45) is 0 Å². The number of nitrogens with zero attached hydrogens (tertiary/aromatic N) is 4. The average molecular weight is 615 g/mol. The van der Waals surface area contributed by atoms with E-state index in [-0.39, 0.29) is 17.2 Å². The first-order valence-corrected chi connectivity index (χ1v) is 20.1. The summed E-state index contributed by atoms with van der Waals surface area (Å²) in [5.41, 5.74) is -1.26. The first-order chi connectivity index (χ1) is 17.1. The summed E-state index contributed by atoms with van der Waals surface area (Å²) in [6, 6.07) is 3.66. The molecule has 3 aromatic rings. The Kier molecular flexibility index (Phi) is 9.88. The number of halogens is 5. The Bertz CT molecular complexity index is 1120. The zero-order valence-electron chi connectivity index (χ0n) is 21.0. The third kappa shape index (κ3) is 6.83. The molecule has 0 bridgehead atoms. The van der Waals surface area contributed by atoms with E-state index in [1.807, 2.05) is 6.20 Å². The van der Waals surface area contributed by atoms with Gasteiger partial charge in [0.25, 0.3) is 0 Å². The topological polar surface area (TPSA) is 43.6 Å². The minimum absolute atomic E-state index is 0.0331. The van der Waals surface area contributed by atoms with E-state index in [0.717, 1.165) is 73.7 Å². The van der Waals surface area contributed by atoms with Gasteiger partial charge in [0.15, 0.2) is 0 Å². The van der Waals surface area contributed by atoms with Gasteiger partial charge in [0.05, 0.1) is 0 Å². The standard InChI is InChI=1S/C14H6F5N4.3C4H9.Sn/c15-9-2-1-8(5-10(9)16)11-6-12(14(17,18)19)22-13(21-11)23-4-3-20-7-23;3*1-3-4-2;/h1-2,4-7H;3*1,3-4H2,2H3;. The summed E-state index contributed by atoms with van der Waals surface area (Å²) in [4.78, 5) is 12.8. The second kappa shape index (κ2) is 12.5. The van der Waals surface area contributed by atoms with Crippen LogP contribution in [-0.4, -0.2) is 37.9 Å². The number of benzene rings is 1. The molecule has 0 fully saturated rings. The quantitative estimate of drug-likeness (QED) is 0.155. The van der Waals surface area contributed by atoms with E-state index in [2.05, 4.69) is 30.7 Å². The molecule has 36 heavy (non-hydrogen) atoms. The number of imidazole rings is 1. The van der Waals surface area contributed by atoms with Gasteiger partial charge in [0.1, 0.15) is 0 Å². The normalized spacial score (nSPS) is 12.3. The molecule has 0 amide bonds. The van der Waals surface area contributed by atoms with Crippen molar-refractivity contribution in [3.63, 3.8) is 0 Å². The molecule has 10 heteroatoms. The van der Waals surface area contributed by atoms with Gasteiger partial charge in [-0.15, -0.1) is 0 Å². The summed E-state index contributed by atoms with van der Waals surface area (Å²) >= 11 is -2.92. The second-order valence-electron chi connectivity index (χ2n) is 9.32. The molecule has 3 rings (SSSR count). The zero-order chi connectivity index (χ0) is 26.3. The van der Waals surface area contributed by atoms with Crippen LogP contribution in [0.1, 0.15) is 65.0 Å². The van der Waals surface area contributed by atoms with Crippen molar-refractivity contribution in [3.05, 3.63) is 54.1 Å². The van der Waals surface area contributed by atoms with Crippen molar-refractivity contribution in [2.45, 2.75) is 78.8 Å². The van der Waals surface area contributed by atoms with Gasteiger partial charge in [-0.05, 0) is 0 Å². The SMILES string of the molecule is CCC[CH2][Sn]([CH2]CCC)([CH2]CCC)[c]1cn(-c2nc(-c3ccc(F)c(F)c3)cc(C(F)(F)F)n2)cn1. The van der Waals surface area contributed by atoms with Crippen LogP contribution in [0.4, 0.5) is 22.0 Å². The van der Waals surface area contributed by atoms with Crippen LogP contribution in [0.2, 0.25) is 13.3 Å². The molecule has 0 N–H and O–H groups in total. The molecule has 0 aliphatic rings. The van der Waals surface area contributed by atoms with Gasteiger partial charge in [-0.3, -0.25) is 0 Å². The predicted molar refractivity (Wildman–Crippen MR) is 134 cm³/mol. The molecule has 0 radical (unpaired) electrons. The van der Waals surface area contributed by atoms with Crippen LogP contribution in [-0.2, 0) is 6.18 Å². The molecule has 0 aliphatic heterocycles. The number of unbranched alkanes of at least 4 members (excludes halogenated alkanes) is 3. The summed E-state index contributed by atoms with van der Waals surface area (Å²) < 4.78 is 74.3. The fraction of sp³-hybridized carbons (Fsp3) is 0.500. The Morgan fingerprint density at radius 1 is 0.833 bits per heavy atom. The van der Waals surface area contributed by atoms with E-state index in [0.29, 0.717) is 0 Å². The van der Waals surface area contributed by atoms with Gasteiger partial charge >= 0.3 is 214 Å². The second-order valence-corrected chi connectivity index (χ2v) is 22.4. The Balaban J connectivity index is 2.10. The van der Waals surface area contributed by atoms with E-state index in [9.17, 15) is 22.0 Å². The van der Waals surface area contributed by atoms with Gasteiger partial charge in [0.2, 0.25) is 0 Å². The van der Waals surface area contributed by atoms with E-state index in [1.165, 1.54) is 17.0 Å². The minimum atomic E-state index is -4.74. The maximum absolute atomic E-state index is 13.8. The number of hydrogen-bond donors (Lipinski definition) is 0. The zero-order valence-corrected chi connectivity index (χ0v) is 23.9.